The summed E-state index contributed by atoms with van der Waals surface area (Å²) in [5.74, 6) is 3.58. The molecule has 1 aliphatic carbocycles. The largest absolute Gasteiger partial charge is 0.458 e. The number of nitrogens with zero attached hydrogens (tertiary/aromatic N) is 1. The Hall–Kier alpha value is -5.74. The van der Waals surface area contributed by atoms with Crippen LogP contribution in [0, 0.1) is 13.8 Å². The molecule has 0 saturated heterocycles. The average molecular weight is 632 g/mol. The second kappa shape index (κ2) is 10.1. The monoisotopic (exact) mass is 631 g/mol. The highest BCUT2D eigenvalue weighted by Crippen LogP contribution is 2.55. The van der Waals surface area contributed by atoms with Gasteiger partial charge in [0.05, 0.1) is 5.69 Å². The molecule has 0 N–H and O–H groups in total. The normalized spacial score (nSPS) is 14.2. The lowest BCUT2D eigenvalue weighted by atomic mass is 9.34. The molecule has 3 aliphatic rings. The highest BCUT2D eigenvalue weighted by molar-refractivity contribution is 6.98. The van der Waals surface area contributed by atoms with Crippen LogP contribution in [0.5, 0.6) is 23.0 Å². The molecule has 0 spiro atoms. The molecule has 7 aromatic rings. The number of hydrogen-bond acceptors (Lipinski definition) is 3. The standard InChI is InChI=1S/C45H34BNO2/c1-27-12-9-14-29(22-27)47(30-15-10-13-28(2)23-30)38-26-35-43(32-17-6-5-16-31(32)38)33-24-42-37(25-34(33)45(35,3)4)46-36-18-7-8-19-39(36)48-40-20-11-21-41(49-42)44(40)46/h5-26H,1-4H3. The maximum absolute atomic E-state index is 6.77. The number of rotatable bonds is 3. The summed E-state index contributed by atoms with van der Waals surface area (Å²) < 4.78 is 13.2. The van der Waals surface area contributed by atoms with Gasteiger partial charge in [-0.15, -0.1) is 0 Å². The fraction of sp³-hybridized carbons (Fsp3) is 0.111. The minimum Gasteiger partial charge on any atom is -0.458 e. The molecule has 0 fully saturated rings. The maximum atomic E-state index is 6.77. The van der Waals surface area contributed by atoms with Crippen molar-refractivity contribution in [3.8, 4) is 34.1 Å². The van der Waals surface area contributed by atoms with Gasteiger partial charge in [0.2, 0.25) is 0 Å². The third kappa shape index (κ3) is 4.04. The van der Waals surface area contributed by atoms with Crippen molar-refractivity contribution in [2.75, 3.05) is 4.90 Å². The van der Waals surface area contributed by atoms with Crippen LogP contribution in [0.4, 0.5) is 17.1 Å². The van der Waals surface area contributed by atoms with Gasteiger partial charge in [-0.05, 0) is 118 Å². The third-order valence-electron chi connectivity index (χ3n) is 10.8. The first-order valence-electron chi connectivity index (χ1n) is 17.1. The highest BCUT2D eigenvalue weighted by Gasteiger charge is 2.44. The van der Waals surface area contributed by atoms with E-state index >= 15 is 0 Å². The lowest BCUT2D eigenvalue weighted by Crippen LogP contribution is -2.57. The van der Waals surface area contributed by atoms with Gasteiger partial charge in [-0.2, -0.15) is 0 Å². The number of fused-ring (bicyclic) bond motifs is 9. The summed E-state index contributed by atoms with van der Waals surface area (Å²) in [5.41, 5.74) is 14.4. The molecule has 10 rings (SSSR count). The molecule has 0 saturated carbocycles. The van der Waals surface area contributed by atoms with E-state index in [4.69, 9.17) is 9.47 Å². The fourth-order valence-corrected chi connectivity index (χ4v) is 8.58. The first-order valence-corrected chi connectivity index (χ1v) is 17.1. The van der Waals surface area contributed by atoms with Crippen LogP contribution in [-0.2, 0) is 5.41 Å². The molecule has 3 nitrogen and oxygen atoms in total. The van der Waals surface area contributed by atoms with Gasteiger partial charge in [0, 0.05) is 27.6 Å². The number of hydrogen-bond donors (Lipinski definition) is 0. The molecule has 2 aliphatic heterocycles. The zero-order valence-corrected chi connectivity index (χ0v) is 28.0. The second-order valence-electron chi connectivity index (χ2n) is 14.3. The second-order valence-corrected chi connectivity index (χ2v) is 14.3. The van der Waals surface area contributed by atoms with E-state index in [-0.39, 0.29) is 12.1 Å². The molecule has 0 unspecified atom stereocenters. The molecule has 2 heterocycles. The van der Waals surface area contributed by atoms with Crippen molar-refractivity contribution in [1.82, 2.24) is 0 Å². The van der Waals surface area contributed by atoms with E-state index in [1.54, 1.807) is 0 Å². The van der Waals surface area contributed by atoms with Crippen LogP contribution in [0.2, 0.25) is 0 Å². The Morgan fingerprint density at radius 1 is 0.531 bits per heavy atom. The van der Waals surface area contributed by atoms with Crippen LogP contribution in [0.3, 0.4) is 0 Å². The van der Waals surface area contributed by atoms with Crippen molar-refractivity contribution >= 4 is 50.9 Å². The minimum absolute atomic E-state index is 0.0372. The van der Waals surface area contributed by atoms with Crippen molar-refractivity contribution < 1.29 is 9.47 Å². The van der Waals surface area contributed by atoms with E-state index in [9.17, 15) is 0 Å². The van der Waals surface area contributed by atoms with Crippen LogP contribution < -0.4 is 30.8 Å². The summed E-state index contributed by atoms with van der Waals surface area (Å²) in [6.07, 6.45) is 0. The molecular weight excluding hydrogens is 597 g/mol. The maximum Gasteiger partial charge on any atom is 0.260 e. The topological polar surface area (TPSA) is 21.7 Å². The van der Waals surface area contributed by atoms with E-state index in [2.05, 4.69) is 160 Å². The van der Waals surface area contributed by atoms with Crippen LogP contribution in [-0.4, -0.2) is 6.71 Å². The van der Waals surface area contributed by atoms with Crippen LogP contribution >= 0.6 is 0 Å². The zero-order chi connectivity index (χ0) is 33.0. The van der Waals surface area contributed by atoms with Crippen molar-refractivity contribution in [2.24, 2.45) is 0 Å². The average Bonchev–Trinajstić information content (AvgIpc) is 3.32. The van der Waals surface area contributed by atoms with Gasteiger partial charge in [-0.3, -0.25) is 0 Å². The number of para-hydroxylation sites is 1. The van der Waals surface area contributed by atoms with Gasteiger partial charge in [0.15, 0.2) is 0 Å². The first-order chi connectivity index (χ1) is 23.9. The summed E-state index contributed by atoms with van der Waals surface area (Å²) in [6.45, 7) is 9.14. The highest BCUT2D eigenvalue weighted by atomic mass is 16.5. The van der Waals surface area contributed by atoms with Gasteiger partial charge in [0.25, 0.3) is 6.71 Å². The molecule has 0 amide bonds. The molecule has 0 atom stereocenters. The minimum atomic E-state index is -0.256. The Kier molecular flexibility index (Phi) is 5.85. The van der Waals surface area contributed by atoms with Crippen molar-refractivity contribution in [1.29, 1.82) is 0 Å². The predicted molar refractivity (Wildman–Crippen MR) is 203 cm³/mol. The van der Waals surface area contributed by atoms with Gasteiger partial charge in [-0.1, -0.05) is 92.7 Å². The van der Waals surface area contributed by atoms with E-state index in [1.807, 2.05) is 6.07 Å². The predicted octanol–water partition coefficient (Wildman–Crippen LogP) is 9.96. The summed E-state index contributed by atoms with van der Waals surface area (Å²) in [5, 5.41) is 2.47. The Morgan fingerprint density at radius 2 is 1.14 bits per heavy atom. The summed E-state index contributed by atoms with van der Waals surface area (Å²) in [6, 6.07) is 48.4. The Bertz CT molecular complexity index is 2490. The van der Waals surface area contributed by atoms with Gasteiger partial charge in [-0.25, -0.2) is 0 Å². The zero-order valence-electron chi connectivity index (χ0n) is 28.0. The van der Waals surface area contributed by atoms with Crippen molar-refractivity contribution in [3.05, 3.63) is 156 Å². The van der Waals surface area contributed by atoms with Gasteiger partial charge >= 0.3 is 0 Å². The number of aryl methyl sites for hydroxylation is 2. The summed E-state index contributed by atoms with van der Waals surface area (Å²) in [4.78, 5) is 2.44. The molecule has 4 heteroatoms. The molecule has 0 bridgehead atoms. The number of ether oxygens (including phenoxy) is 2. The molecule has 0 radical (unpaired) electrons. The van der Waals surface area contributed by atoms with Gasteiger partial charge < -0.3 is 14.4 Å². The molecular formula is C45H34BNO2. The van der Waals surface area contributed by atoms with Crippen LogP contribution in [0.1, 0.15) is 36.1 Å². The van der Waals surface area contributed by atoms with E-state index in [1.165, 1.54) is 60.8 Å². The number of benzene rings is 7. The summed E-state index contributed by atoms with van der Waals surface area (Å²) in [7, 11) is 0. The molecule has 7 aromatic carbocycles. The smallest absolute Gasteiger partial charge is 0.260 e. The first kappa shape index (κ1) is 28.3. The van der Waals surface area contributed by atoms with Crippen molar-refractivity contribution in [3.63, 3.8) is 0 Å². The summed E-state index contributed by atoms with van der Waals surface area (Å²) >= 11 is 0. The molecule has 49 heavy (non-hydrogen) atoms. The SMILES string of the molecule is Cc1cccc(N(c2cccc(C)c2)c2cc3c(c4ccccc24)-c2cc4c(cc2C3(C)C)B2c3ccccc3Oc3cccc(c32)O4)c1. The fourth-order valence-electron chi connectivity index (χ4n) is 8.58. The van der Waals surface area contributed by atoms with E-state index in [0.717, 1.165) is 39.8 Å². The quantitative estimate of drug-likeness (QED) is 0.181. The Morgan fingerprint density at radius 3 is 1.86 bits per heavy atom. The Balaban J connectivity index is 1.23. The van der Waals surface area contributed by atoms with Crippen LogP contribution in [0.25, 0.3) is 21.9 Å². The lowest BCUT2D eigenvalue weighted by molar-refractivity contribution is 0.464. The van der Waals surface area contributed by atoms with E-state index in [0.29, 0.717) is 0 Å². The van der Waals surface area contributed by atoms with Crippen molar-refractivity contribution in [2.45, 2.75) is 33.1 Å². The molecule has 0 aromatic heterocycles. The van der Waals surface area contributed by atoms with Crippen LogP contribution in [0.15, 0.2) is 133 Å². The van der Waals surface area contributed by atoms with E-state index < -0.39 is 0 Å². The Labute approximate surface area is 287 Å². The lowest BCUT2D eigenvalue weighted by Gasteiger charge is -2.33. The third-order valence-corrected chi connectivity index (χ3v) is 10.8. The number of anilines is 3. The molecule has 234 valence electrons. The van der Waals surface area contributed by atoms with Gasteiger partial charge in [0.1, 0.15) is 23.0 Å².